The Bertz CT molecular complexity index is 743. The molecule has 0 radical (unpaired) electrons. The minimum absolute atomic E-state index is 0.103. The van der Waals surface area contributed by atoms with Crippen molar-refractivity contribution in [2.24, 2.45) is 5.92 Å². The van der Waals surface area contributed by atoms with Gasteiger partial charge in [0.25, 0.3) is 0 Å². The van der Waals surface area contributed by atoms with Crippen molar-refractivity contribution >= 4 is 17.7 Å². The van der Waals surface area contributed by atoms with E-state index in [1.54, 1.807) is 52.8 Å². The van der Waals surface area contributed by atoms with E-state index in [0.717, 1.165) is 0 Å². The monoisotopic (exact) mass is 378 g/mol. The summed E-state index contributed by atoms with van der Waals surface area (Å²) in [6, 6.07) is 5.24. The highest BCUT2D eigenvalue weighted by Crippen LogP contribution is 2.40. The largest absolute Gasteiger partial charge is 0.459 e. The third kappa shape index (κ3) is 5.98. The number of carbonyl (C=O) groups is 3. The highest BCUT2D eigenvalue weighted by Gasteiger charge is 2.34. The van der Waals surface area contributed by atoms with Crippen LogP contribution in [0, 0.1) is 5.92 Å². The number of rotatable bonds is 6. The molecule has 1 heterocycles. The lowest BCUT2D eigenvalue weighted by molar-refractivity contribution is -0.164. The smallest absolute Gasteiger partial charge is 0.317 e. The topological polar surface area (TPSA) is 88.1 Å². The Balaban J connectivity index is 2.20. The minimum atomic E-state index is -1.09. The molecule has 2 rings (SSSR count). The molecule has 0 bridgehead atoms. The summed E-state index contributed by atoms with van der Waals surface area (Å²) in [5, 5.41) is 0. The third-order valence-corrected chi connectivity index (χ3v) is 3.66. The molecule has 1 aliphatic heterocycles. The number of Topliss-reactive ketones (excluding diaryl/α,β-unsaturated/α-hetero) is 1. The Morgan fingerprint density at radius 2 is 1.74 bits per heavy atom. The van der Waals surface area contributed by atoms with Gasteiger partial charge in [0, 0.05) is 20.8 Å². The van der Waals surface area contributed by atoms with Crippen LogP contribution in [-0.2, 0) is 30.3 Å². The van der Waals surface area contributed by atoms with Gasteiger partial charge in [0.1, 0.15) is 11.5 Å². The van der Waals surface area contributed by atoms with Crippen molar-refractivity contribution in [3.63, 3.8) is 0 Å². The molecule has 0 spiro atoms. The molecule has 0 aromatic heterocycles. The van der Waals surface area contributed by atoms with Crippen LogP contribution in [0.5, 0.6) is 11.5 Å². The normalized spacial score (nSPS) is 15.8. The van der Waals surface area contributed by atoms with Crippen molar-refractivity contribution in [2.45, 2.75) is 59.4 Å². The molecule has 1 atom stereocenters. The van der Waals surface area contributed by atoms with Crippen molar-refractivity contribution in [3.05, 3.63) is 23.8 Å². The van der Waals surface area contributed by atoms with Gasteiger partial charge in [-0.05, 0) is 44.9 Å². The number of carbonyl (C=O) groups excluding carboxylic acids is 3. The molecule has 1 aromatic carbocycles. The highest BCUT2D eigenvalue weighted by atomic mass is 16.7. The van der Waals surface area contributed by atoms with Gasteiger partial charge >= 0.3 is 11.9 Å². The summed E-state index contributed by atoms with van der Waals surface area (Å²) in [5.41, 5.74) is -0.0299. The van der Waals surface area contributed by atoms with Crippen LogP contribution in [0.4, 0.5) is 0 Å². The van der Waals surface area contributed by atoms with Gasteiger partial charge in [-0.2, -0.15) is 0 Å². The number of hydrogen-bond acceptors (Lipinski definition) is 7. The maximum absolute atomic E-state index is 12.5. The first kappa shape index (κ1) is 20.7. The van der Waals surface area contributed by atoms with Gasteiger partial charge in [0.2, 0.25) is 5.79 Å². The SMILES string of the molecule is CC(=O)OCC(=O)C(Cc1ccc2c(c1)OC(C)(C)O2)C(=O)OC(C)(C)C. The number of benzene rings is 1. The van der Waals surface area contributed by atoms with Gasteiger partial charge in [0.15, 0.2) is 23.9 Å². The van der Waals surface area contributed by atoms with Crippen molar-refractivity contribution in [3.8, 4) is 11.5 Å². The summed E-state index contributed by atoms with van der Waals surface area (Å²) >= 11 is 0. The van der Waals surface area contributed by atoms with E-state index in [2.05, 4.69) is 0 Å². The van der Waals surface area contributed by atoms with E-state index in [9.17, 15) is 14.4 Å². The lowest BCUT2D eigenvalue weighted by Gasteiger charge is -2.23. The van der Waals surface area contributed by atoms with Gasteiger partial charge in [-0.15, -0.1) is 0 Å². The van der Waals surface area contributed by atoms with Crippen LogP contribution in [0.15, 0.2) is 18.2 Å². The van der Waals surface area contributed by atoms with Crippen LogP contribution < -0.4 is 9.47 Å². The molecule has 1 aliphatic rings. The Labute approximate surface area is 158 Å². The van der Waals surface area contributed by atoms with E-state index in [1.807, 2.05) is 0 Å². The van der Waals surface area contributed by atoms with E-state index in [1.165, 1.54) is 6.92 Å². The predicted molar refractivity (Wildman–Crippen MR) is 96.5 cm³/mol. The van der Waals surface area contributed by atoms with Crippen LogP contribution >= 0.6 is 0 Å². The zero-order valence-corrected chi connectivity index (χ0v) is 16.6. The number of ketones is 1. The second kappa shape index (κ2) is 7.58. The molecule has 1 aromatic rings. The van der Waals surface area contributed by atoms with E-state index >= 15 is 0 Å². The molecule has 0 amide bonds. The zero-order valence-electron chi connectivity index (χ0n) is 16.6. The van der Waals surface area contributed by atoms with Crippen LogP contribution in [-0.4, -0.2) is 35.7 Å². The molecule has 7 nitrogen and oxygen atoms in total. The van der Waals surface area contributed by atoms with Crippen LogP contribution in [0.1, 0.15) is 47.1 Å². The van der Waals surface area contributed by atoms with E-state index in [0.29, 0.717) is 17.1 Å². The van der Waals surface area contributed by atoms with Crippen LogP contribution in [0.25, 0.3) is 0 Å². The van der Waals surface area contributed by atoms with E-state index in [-0.39, 0.29) is 6.42 Å². The average molecular weight is 378 g/mol. The van der Waals surface area contributed by atoms with Gasteiger partial charge in [0.05, 0.1) is 0 Å². The number of hydrogen-bond donors (Lipinski definition) is 0. The van der Waals surface area contributed by atoms with Crippen molar-refractivity contribution in [1.29, 1.82) is 0 Å². The second-order valence-corrected chi connectivity index (χ2v) is 7.92. The molecule has 7 heteroatoms. The summed E-state index contributed by atoms with van der Waals surface area (Å²) < 4.78 is 21.5. The van der Waals surface area contributed by atoms with Gasteiger partial charge in [-0.1, -0.05) is 6.07 Å². The number of esters is 2. The summed E-state index contributed by atoms with van der Waals surface area (Å²) in [5.74, 6) is -2.46. The lowest BCUT2D eigenvalue weighted by Crippen LogP contribution is -2.36. The first-order valence-corrected chi connectivity index (χ1v) is 8.76. The Morgan fingerprint density at radius 1 is 1.11 bits per heavy atom. The van der Waals surface area contributed by atoms with Gasteiger partial charge in [-0.3, -0.25) is 14.4 Å². The molecular formula is C20H26O7. The molecule has 0 saturated carbocycles. The van der Waals surface area contributed by atoms with Crippen molar-refractivity contribution in [2.75, 3.05) is 6.61 Å². The Hall–Kier alpha value is -2.57. The molecule has 27 heavy (non-hydrogen) atoms. The first-order chi connectivity index (χ1) is 12.4. The fraction of sp³-hybridized carbons (Fsp3) is 0.550. The molecular weight excluding hydrogens is 352 g/mol. The quantitative estimate of drug-likeness (QED) is 0.555. The average Bonchev–Trinajstić information content (AvgIpc) is 2.81. The molecule has 1 unspecified atom stereocenters. The standard InChI is InChI=1S/C20H26O7/c1-12(21)24-11-15(22)14(18(23)27-19(2,3)4)9-13-7-8-16-17(10-13)26-20(5,6)25-16/h7-8,10,14H,9,11H2,1-6H3. The fourth-order valence-electron chi connectivity index (χ4n) is 2.60. The maximum Gasteiger partial charge on any atom is 0.317 e. The maximum atomic E-state index is 12.5. The first-order valence-electron chi connectivity index (χ1n) is 8.76. The highest BCUT2D eigenvalue weighted by molar-refractivity contribution is 6.00. The number of fused-ring (bicyclic) bond motifs is 1. The lowest BCUT2D eigenvalue weighted by atomic mass is 9.95. The second-order valence-electron chi connectivity index (χ2n) is 7.92. The van der Waals surface area contributed by atoms with Crippen LogP contribution in [0.2, 0.25) is 0 Å². The molecule has 0 aliphatic carbocycles. The molecule has 148 valence electrons. The summed E-state index contributed by atoms with van der Waals surface area (Å²) in [4.78, 5) is 36.0. The minimum Gasteiger partial charge on any atom is -0.459 e. The van der Waals surface area contributed by atoms with Crippen molar-refractivity contribution < 1.29 is 33.3 Å². The summed E-state index contributed by atoms with van der Waals surface area (Å²) in [6.07, 6.45) is 0.103. The zero-order chi connectivity index (χ0) is 20.4. The molecule has 0 N–H and O–H groups in total. The van der Waals surface area contributed by atoms with E-state index in [4.69, 9.17) is 18.9 Å². The number of ether oxygens (including phenoxy) is 4. The third-order valence-electron chi connectivity index (χ3n) is 3.66. The van der Waals surface area contributed by atoms with Gasteiger partial charge in [-0.25, -0.2) is 0 Å². The van der Waals surface area contributed by atoms with E-state index < -0.39 is 41.6 Å². The Morgan fingerprint density at radius 3 is 2.33 bits per heavy atom. The predicted octanol–water partition coefficient (Wildman–Crippen LogP) is 2.83. The van der Waals surface area contributed by atoms with Gasteiger partial charge < -0.3 is 18.9 Å². The Kier molecular flexibility index (Phi) is 5.82. The molecule has 0 fully saturated rings. The summed E-state index contributed by atoms with van der Waals surface area (Å²) in [7, 11) is 0. The van der Waals surface area contributed by atoms with Crippen molar-refractivity contribution in [1.82, 2.24) is 0 Å². The molecule has 0 saturated heterocycles. The fourth-order valence-corrected chi connectivity index (χ4v) is 2.60. The summed E-state index contributed by atoms with van der Waals surface area (Å²) in [6.45, 7) is 9.48. The van der Waals surface area contributed by atoms with Crippen LogP contribution in [0.3, 0.4) is 0 Å².